The summed E-state index contributed by atoms with van der Waals surface area (Å²) in [5.74, 6) is -1.66. The maximum atomic E-state index is 13.4. The molecule has 0 radical (unpaired) electrons. The van der Waals surface area contributed by atoms with Crippen molar-refractivity contribution in [2.24, 2.45) is 5.73 Å². The molecule has 2 rings (SSSR count). The largest absolute Gasteiger partial charge is 0.329 e. The van der Waals surface area contributed by atoms with Crippen molar-refractivity contribution in [3.8, 4) is 0 Å². The summed E-state index contributed by atoms with van der Waals surface area (Å²) in [4.78, 5) is 8.50. The van der Waals surface area contributed by atoms with Crippen LogP contribution in [0.5, 0.6) is 0 Å². The Hall–Kier alpha value is -0.760. The van der Waals surface area contributed by atoms with Gasteiger partial charge in [0.25, 0.3) is 0 Å². The van der Waals surface area contributed by atoms with Crippen LogP contribution >= 0.6 is 40.1 Å². The van der Waals surface area contributed by atoms with Gasteiger partial charge in [-0.15, -0.1) is 12.4 Å². The number of hydrogen-bond donors (Lipinski definition) is 1. The number of rotatable bonds is 4. The molecule has 1 aromatic heterocycles. The van der Waals surface area contributed by atoms with Gasteiger partial charge < -0.3 is 5.73 Å². The Balaban J connectivity index is 0.00000220. The number of thioether (sulfide) groups is 1. The lowest BCUT2D eigenvalue weighted by atomic mass is 9.95. The SMILES string of the molecule is CSc1ncc(Br)c(C(CN)c2cc(F)cc(F)c2)n1.Cl. The van der Waals surface area contributed by atoms with Gasteiger partial charge in [0.2, 0.25) is 0 Å². The summed E-state index contributed by atoms with van der Waals surface area (Å²) in [6, 6.07) is 3.38. The molecule has 0 aliphatic heterocycles. The van der Waals surface area contributed by atoms with Crippen LogP contribution in [0.25, 0.3) is 0 Å². The lowest BCUT2D eigenvalue weighted by molar-refractivity contribution is 0.576. The molecule has 0 saturated carbocycles. The summed E-state index contributed by atoms with van der Waals surface area (Å²) < 4.78 is 27.4. The molecule has 1 atom stereocenters. The van der Waals surface area contributed by atoms with E-state index in [2.05, 4.69) is 25.9 Å². The fraction of sp³-hybridized carbons (Fsp3) is 0.231. The lowest BCUT2D eigenvalue weighted by Crippen LogP contribution is -2.17. The van der Waals surface area contributed by atoms with Crippen LogP contribution < -0.4 is 5.73 Å². The molecule has 0 spiro atoms. The van der Waals surface area contributed by atoms with Crippen LogP contribution in [0.4, 0.5) is 8.78 Å². The van der Waals surface area contributed by atoms with Gasteiger partial charge in [0, 0.05) is 24.7 Å². The highest BCUT2D eigenvalue weighted by Crippen LogP contribution is 2.30. The molecule has 114 valence electrons. The van der Waals surface area contributed by atoms with Gasteiger partial charge in [-0.05, 0) is 39.9 Å². The molecule has 8 heteroatoms. The first-order chi connectivity index (χ1) is 9.55. The van der Waals surface area contributed by atoms with E-state index < -0.39 is 17.6 Å². The van der Waals surface area contributed by atoms with E-state index in [-0.39, 0.29) is 19.0 Å². The second kappa shape index (κ2) is 8.03. The molecule has 3 nitrogen and oxygen atoms in total. The third kappa shape index (κ3) is 4.35. The molecule has 0 aliphatic carbocycles. The van der Waals surface area contributed by atoms with E-state index in [0.717, 1.165) is 6.07 Å². The van der Waals surface area contributed by atoms with Crippen molar-refractivity contribution < 1.29 is 8.78 Å². The summed E-state index contributed by atoms with van der Waals surface area (Å²) >= 11 is 4.75. The lowest BCUT2D eigenvalue weighted by Gasteiger charge is -2.17. The van der Waals surface area contributed by atoms with Crippen LogP contribution in [-0.4, -0.2) is 22.8 Å². The summed E-state index contributed by atoms with van der Waals surface area (Å²) in [5, 5.41) is 0.582. The minimum Gasteiger partial charge on any atom is -0.329 e. The van der Waals surface area contributed by atoms with Gasteiger partial charge in [0.05, 0.1) is 10.2 Å². The van der Waals surface area contributed by atoms with Crippen molar-refractivity contribution in [3.05, 3.63) is 51.8 Å². The zero-order chi connectivity index (χ0) is 14.7. The van der Waals surface area contributed by atoms with Gasteiger partial charge >= 0.3 is 0 Å². The van der Waals surface area contributed by atoms with Gasteiger partial charge in [0.1, 0.15) is 11.6 Å². The Labute approximate surface area is 140 Å². The number of nitrogens with zero attached hydrogens (tertiary/aromatic N) is 2. The van der Waals surface area contributed by atoms with Crippen LogP contribution in [0.15, 0.2) is 34.0 Å². The van der Waals surface area contributed by atoms with Crippen molar-refractivity contribution >= 4 is 40.1 Å². The number of aromatic nitrogens is 2. The Bertz CT molecular complexity index is 610. The van der Waals surface area contributed by atoms with E-state index in [1.165, 1.54) is 23.9 Å². The molecule has 1 heterocycles. The zero-order valence-electron chi connectivity index (χ0n) is 11.0. The van der Waals surface area contributed by atoms with E-state index in [4.69, 9.17) is 5.73 Å². The molecular weight excluding hydrogens is 384 g/mol. The van der Waals surface area contributed by atoms with Gasteiger partial charge in [-0.2, -0.15) is 0 Å². The molecular formula is C13H13BrClF2N3S. The molecule has 2 N–H and O–H groups in total. The number of nitrogens with two attached hydrogens (primary N) is 1. The van der Waals surface area contributed by atoms with Crippen molar-refractivity contribution in [3.63, 3.8) is 0 Å². The summed E-state index contributed by atoms with van der Waals surface area (Å²) in [6.45, 7) is 0.187. The predicted molar refractivity (Wildman–Crippen MR) is 86.0 cm³/mol. The van der Waals surface area contributed by atoms with Gasteiger partial charge in [-0.25, -0.2) is 18.7 Å². The highest BCUT2D eigenvalue weighted by atomic mass is 79.9. The average Bonchev–Trinajstić information content (AvgIpc) is 2.40. The summed E-state index contributed by atoms with van der Waals surface area (Å²) in [5.41, 5.74) is 6.84. The van der Waals surface area contributed by atoms with Gasteiger partial charge in [-0.3, -0.25) is 0 Å². The first-order valence-electron chi connectivity index (χ1n) is 5.77. The van der Waals surface area contributed by atoms with E-state index >= 15 is 0 Å². The topological polar surface area (TPSA) is 51.8 Å². The average molecular weight is 397 g/mol. The fourth-order valence-corrected chi connectivity index (χ4v) is 2.70. The van der Waals surface area contributed by atoms with Crippen LogP contribution in [0, 0.1) is 11.6 Å². The smallest absolute Gasteiger partial charge is 0.187 e. The zero-order valence-corrected chi connectivity index (χ0v) is 14.2. The number of hydrogen-bond acceptors (Lipinski definition) is 4. The molecule has 0 fully saturated rings. The first kappa shape index (κ1) is 18.3. The highest BCUT2D eigenvalue weighted by Gasteiger charge is 2.19. The quantitative estimate of drug-likeness (QED) is 0.632. The van der Waals surface area contributed by atoms with E-state index in [0.29, 0.717) is 20.9 Å². The molecule has 21 heavy (non-hydrogen) atoms. The summed E-state index contributed by atoms with van der Waals surface area (Å²) in [7, 11) is 0. The molecule has 1 unspecified atom stereocenters. The normalized spacial score (nSPS) is 11.9. The van der Waals surface area contributed by atoms with Gasteiger partial charge in [-0.1, -0.05) is 11.8 Å². The third-order valence-corrected chi connectivity index (χ3v) is 3.96. The summed E-state index contributed by atoms with van der Waals surface area (Å²) in [6.07, 6.45) is 3.47. The van der Waals surface area contributed by atoms with Crippen molar-refractivity contribution in [1.82, 2.24) is 9.97 Å². The number of benzene rings is 1. The van der Waals surface area contributed by atoms with E-state index in [1.54, 1.807) is 6.20 Å². The fourth-order valence-electron chi connectivity index (χ4n) is 1.89. The van der Waals surface area contributed by atoms with E-state index in [1.807, 2.05) is 6.26 Å². The minimum absolute atomic E-state index is 0. The Morgan fingerprint density at radius 3 is 2.43 bits per heavy atom. The van der Waals surface area contributed by atoms with Crippen LogP contribution in [-0.2, 0) is 0 Å². The monoisotopic (exact) mass is 395 g/mol. The molecule has 0 bridgehead atoms. The highest BCUT2D eigenvalue weighted by molar-refractivity contribution is 9.10. The second-order valence-corrected chi connectivity index (χ2v) is 5.71. The van der Waals surface area contributed by atoms with Crippen LogP contribution in [0.1, 0.15) is 17.2 Å². The molecule has 0 saturated heterocycles. The Morgan fingerprint density at radius 1 is 1.29 bits per heavy atom. The Morgan fingerprint density at radius 2 is 1.90 bits per heavy atom. The predicted octanol–water partition coefficient (Wildman–Crippen LogP) is 3.75. The van der Waals surface area contributed by atoms with Gasteiger partial charge in [0.15, 0.2) is 5.16 Å². The van der Waals surface area contributed by atoms with Crippen molar-refractivity contribution in [1.29, 1.82) is 0 Å². The maximum absolute atomic E-state index is 13.4. The molecule has 2 aromatic rings. The molecule has 0 amide bonds. The molecule has 0 aliphatic rings. The van der Waals surface area contributed by atoms with E-state index in [9.17, 15) is 8.78 Å². The standard InChI is InChI=1S/C13H12BrF2N3S.ClH/c1-20-13-18-6-11(14)12(19-13)10(5-17)7-2-8(15)4-9(16)3-7;/h2-4,6,10H,5,17H2,1H3;1H. The van der Waals surface area contributed by atoms with Crippen LogP contribution in [0.2, 0.25) is 0 Å². The third-order valence-electron chi connectivity index (χ3n) is 2.78. The maximum Gasteiger partial charge on any atom is 0.187 e. The Kier molecular flexibility index (Phi) is 6.99. The van der Waals surface area contributed by atoms with Crippen LogP contribution in [0.3, 0.4) is 0 Å². The molecule has 1 aromatic carbocycles. The number of halogens is 4. The van der Waals surface area contributed by atoms with Crippen molar-refractivity contribution in [2.75, 3.05) is 12.8 Å². The first-order valence-corrected chi connectivity index (χ1v) is 7.79. The van der Waals surface area contributed by atoms with Crippen molar-refractivity contribution in [2.45, 2.75) is 11.1 Å². The second-order valence-electron chi connectivity index (χ2n) is 4.08. The minimum atomic E-state index is -0.631.